The molecule has 3 aliphatic rings. The monoisotopic (exact) mass is 466 g/mol. The molecule has 2 aromatic rings. The van der Waals surface area contributed by atoms with Crippen LogP contribution in [0.25, 0.3) is 0 Å². The Kier molecular flexibility index (Phi) is 6.59. The van der Waals surface area contributed by atoms with Gasteiger partial charge in [-0.15, -0.1) is 11.8 Å². The highest BCUT2D eigenvalue weighted by atomic mass is 32.2. The van der Waals surface area contributed by atoms with Gasteiger partial charge in [0.05, 0.1) is 12.5 Å². The van der Waals surface area contributed by atoms with Gasteiger partial charge in [0, 0.05) is 34.6 Å². The molecule has 2 aromatic carbocycles. The van der Waals surface area contributed by atoms with Gasteiger partial charge in [-0.2, -0.15) is 0 Å². The fourth-order valence-corrected chi connectivity index (χ4v) is 6.05. The van der Waals surface area contributed by atoms with Crippen molar-refractivity contribution < 1.29 is 23.8 Å². The number of hydrogen-bond acceptors (Lipinski definition) is 6. The lowest BCUT2D eigenvalue weighted by Gasteiger charge is -2.26. The lowest BCUT2D eigenvalue weighted by molar-refractivity contribution is -0.183. The van der Waals surface area contributed by atoms with Crippen LogP contribution in [0.5, 0.6) is 0 Å². The summed E-state index contributed by atoms with van der Waals surface area (Å²) in [5, 5.41) is 0. The zero-order valence-corrected chi connectivity index (χ0v) is 19.8. The van der Waals surface area contributed by atoms with E-state index in [1.165, 1.54) is 12.8 Å². The van der Waals surface area contributed by atoms with Crippen LogP contribution in [0, 0.1) is 0 Å². The van der Waals surface area contributed by atoms with E-state index in [1.807, 2.05) is 49.4 Å². The highest BCUT2D eigenvalue weighted by Gasteiger charge is 2.42. The zero-order valence-electron chi connectivity index (χ0n) is 19.0. The molecular formula is C27H30O5S. The first-order valence-corrected chi connectivity index (χ1v) is 12.9. The summed E-state index contributed by atoms with van der Waals surface area (Å²) in [4.78, 5) is 26.7. The Bertz CT molecular complexity index is 1040. The van der Waals surface area contributed by atoms with Crippen LogP contribution in [0.2, 0.25) is 0 Å². The van der Waals surface area contributed by atoms with Crippen molar-refractivity contribution in [3.63, 3.8) is 0 Å². The number of fused-ring (bicyclic) bond motifs is 2. The molecule has 1 saturated carbocycles. The number of carbonyl (C=O) groups is 2. The second kappa shape index (κ2) is 9.61. The van der Waals surface area contributed by atoms with E-state index in [0.717, 1.165) is 53.0 Å². The average molecular weight is 467 g/mol. The number of benzene rings is 2. The van der Waals surface area contributed by atoms with E-state index < -0.39 is 11.7 Å². The van der Waals surface area contributed by atoms with E-state index in [9.17, 15) is 9.59 Å². The van der Waals surface area contributed by atoms with Gasteiger partial charge < -0.3 is 14.2 Å². The third-order valence-electron chi connectivity index (χ3n) is 6.94. The number of ketones is 1. The summed E-state index contributed by atoms with van der Waals surface area (Å²) in [6, 6.07) is 13.4. The summed E-state index contributed by atoms with van der Waals surface area (Å²) >= 11 is 1.64. The summed E-state index contributed by atoms with van der Waals surface area (Å²) in [5.74, 6) is -0.409. The van der Waals surface area contributed by atoms with Crippen LogP contribution in [0.1, 0.15) is 78.4 Å². The minimum absolute atomic E-state index is 0.0400. The predicted molar refractivity (Wildman–Crippen MR) is 127 cm³/mol. The Morgan fingerprint density at radius 1 is 1.12 bits per heavy atom. The molecule has 2 fully saturated rings. The molecule has 1 spiro atoms. The van der Waals surface area contributed by atoms with E-state index in [0.29, 0.717) is 12.2 Å². The van der Waals surface area contributed by atoms with E-state index in [-0.39, 0.29) is 24.5 Å². The van der Waals surface area contributed by atoms with Crippen molar-refractivity contribution in [2.24, 2.45) is 0 Å². The number of carbonyl (C=O) groups excluding carboxylic acids is 2. The van der Waals surface area contributed by atoms with Crippen molar-refractivity contribution >= 4 is 23.5 Å². The van der Waals surface area contributed by atoms with Crippen molar-refractivity contribution in [1.82, 2.24) is 0 Å². The van der Waals surface area contributed by atoms with Crippen molar-refractivity contribution in [3.05, 3.63) is 64.7 Å². The van der Waals surface area contributed by atoms with E-state index in [1.54, 1.807) is 11.8 Å². The maximum Gasteiger partial charge on any atom is 0.313 e. The molecule has 0 bridgehead atoms. The molecule has 0 N–H and O–H groups in total. The first-order chi connectivity index (χ1) is 16.0. The van der Waals surface area contributed by atoms with Crippen LogP contribution in [-0.4, -0.2) is 36.9 Å². The normalized spacial score (nSPS) is 22.7. The maximum atomic E-state index is 13.0. The highest BCUT2D eigenvalue weighted by molar-refractivity contribution is 7.98. The molecule has 1 saturated heterocycles. The molecule has 2 atom stereocenters. The molecule has 2 unspecified atom stereocenters. The number of hydrogen-bond donors (Lipinski definition) is 0. The molecular weight excluding hydrogens is 436 g/mol. The van der Waals surface area contributed by atoms with Crippen molar-refractivity contribution in [2.75, 3.05) is 13.2 Å². The quantitative estimate of drug-likeness (QED) is 0.544. The lowest BCUT2D eigenvalue weighted by Crippen LogP contribution is -2.31. The molecule has 6 heteroatoms. The van der Waals surface area contributed by atoms with Gasteiger partial charge in [-0.25, -0.2) is 0 Å². The van der Waals surface area contributed by atoms with Gasteiger partial charge >= 0.3 is 5.97 Å². The number of ether oxygens (including phenoxy) is 3. The van der Waals surface area contributed by atoms with Crippen molar-refractivity contribution in [3.8, 4) is 0 Å². The molecule has 2 aliphatic heterocycles. The Hall–Kier alpha value is -2.15. The number of thioether (sulfide) groups is 1. The molecule has 0 radical (unpaired) electrons. The predicted octanol–water partition coefficient (Wildman–Crippen LogP) is 5.64. The molecule has 174 valence electrons. The van der Waals surface area contributed by atoms with Gasteiger partial charge in [0.15, 0.2) is 11.6 Å². The van der Waals surface area contributed by atoms with Gasteiger partial charge in [-0.1, -0.05) is 43.2 Å². The first kappa shape index (κ1) is 22.6. The molecule has 5 rings (SSSR count). The lowest BCUT2D eigenvalue weighted by atomic mass is 9.95. The molecule has 1 aliphatic carbocycles. The molecule has 2 heterocycles. The minimum atomic E-state index is -0.475. The van der Waals surface area contributed by atoms with Gasteiger partial charge in [0.1, 0.15) is 12.7 Å². The third kappa shape index (κ3) is 4.75. The zero-order chi connectivity index (χ0) is 22.8. The van der Waals surface area contributed by atoms with Crippen molar-refractivity contribution in [2.45, 2.75) is 73.9 Å². The summed E-state index contributed by atoms with van der Waals surface area (Å²) in [5.41, 5.74) is 3.35. The number of rotatable bonds is 4. The largest absolute Gasteiger partial charge is 0.462 e. The number of esters is 1. The highest BCUT2D eigenvalue weighted by Crippen LogP contribution is 2.38. The SMILES string of the molecule is CC(C(=O)OCC1COC2(CCCCCC2)O1)c1ccc2c(c1)SCc1ccccc1C2=O. The van der Waals surface area contributed by atoms with Crippen LogP contribution >= 0.6 is 11.8 Å². The maximum absolute atomic E-state index is 13.0. The van der Waals surface area contributed by atoms with Gasteiger partial charge in [-0.3, -0.25) is 9.59 Å². The van der Waals surface area contributed by atoms with Crippen LogP contribution in [0.4, 0.5) is 0 Å². The molecule has 0 amide bonds. The average Bonchev–Trinajstić information content (AvgIpc) is 3.01. The van der Waals surface area contributed by atoms with Gasteiger partial charge in [0.2, 0.25) is 0 Å². The Morgan fingerprint density at radius 3 is 2.73 bits per heavy atom. The Morgan fingerprint density at radius 2 is 1.91 bits per heavy atom. The van der Waals surface area contributed by atoms with Gasteiger partial charge in [-0.05, 0) is 43.0 Å². The topological polar surface area (TPSA) is 61.8 Å². The van der Waals surface area contributed by atoms with Crippen LogP contribution < -0.4 is 0 Å². The van der Waals surface area contributed by atoms with E-state index >= 15 is 0 Å². The summed E-state index contributed by atoms with van der Waals surface area (Å²) in [6.45, 7) is 2.53. The molecule has 33 heavy (non-hydrogen) atoms. The summed E-state index contributed by atoms with van der Waals surface area (Å²) < 4.78 is 17.8. The second-order valence-electron chi connectivity index (χ2n) is 9.26. The van der Waals surface area contributed by atoms with E-state index in [4.69, 9.17) is 14.2 Å². The smallest absolute Gasteiger partial charge is 0.313 e. The Balaban J connectivity index is 1.22. The minimum Gasteiger partial charge on any atom is -0.462 e. The third-order valence-corrected chi connectivity index (χ3v) is 8.04. The van der Waals surface area contributed by atoms with Crippen molar-refractivity contribution in [1.29, 1.82) is 0 Å². The standard InChI is InChI=1S/C27H30O5S/c1-18(26(29)30-15-21-16-31-27(32-21)12-6-2-3-7-13-27)19-10-11-23-24(14-19)33-17-20-8-4-5-9-22(20)25(23)28/h4-5,8-11,14,18,21H,2-3,6-7,12-13,15-17H2,1H3. The van der Waals surface area contributed by atoms with Crippen LogP contribution in [0.3, 0.4) is 0 Å². The fourth-order valence-electron chi connectivity index (χ4n) is 4.95. The van der Waals surface area contributed by atoms with Gasteiger partial charge in [0.25, 0.3) is 0 Å². The van der Waals surface area contributed by atoms with Crippen LogP contribution in [-0.2, 0) is 24.8 Å². The van der Waals surface area contributed by atoms with Crippen LogP contribution in [0.15, 0.2) is 47.4 Å². The molecule has 0 aromatic heterocycles. The second-order valence-corrected chi connectivity index (χ2v) is 10.3. The summed E-state index contributed by atoms with van der Waals surface area (Å²) in [6.07, 6.45) is 6.32. The summed E-state index contributed by atoms with van der Waals surface area (Å²) in [7, 11) is 0. The first-order valence-electron chi connectivity index (χ1n) is 11.9. The Labute approximate surface area is 199 Å². The molecule has 5 nitrogen and oxygen atoms in total. The van der Waals surface area contributed by atoms with E-state index in [2.05, 4.69) is 0 Å². The fraction of sp³-hybridized carbons (Fsp3) is 0.481.